The highest BCUT2D eigenvalue weighted by Crippen LogP contribution is 2.49. The van der Waals surface area contributed by atoms with Gasteiger partial charge in [-0.15, -0.1) is 0 Å². The van der Waals surface area contributed by atoms with Gasteiger partial charge in [0.05, 0.1) is 0 Å². The lowest BCUT2D eigenvalue weighted by atomic mass is 9.74. The lowest BCUT2D eigenvalue weighted by Crippen LogP contribution is -2.47. The van der Waals surface area contributed by atoms with Crippen molar-refractivity contribution in [3.63, 3.8) is 0 Å². The molecule has 1 aliphatic carbocycles. The van der Waals surface area contributed by atoms with Crippen molar-refractivity contribution >= 4 is 29.4 Å². The third-order valence-electron chi connectivity index (χ3n) is 8.12. The van der Waals surface area contributed by atoms with Crippen LogP contribution in [0.25, 0.3) is 6.08 Å². The van der Waals surface area contributed by atoms with E-state index in [-0.39, 0.29) is 11.4 Å². The first kappa shape index (κ1) is 25.1. The van der Waals surface area contributed by atoms with E-state index in [1.165, 1.54) is 36.2 Å². The SMILES string of the molecule is O=C(N(CC=Cc1ccc(Cl)cc1)Cc1ccnc(F)c1)N1CC2(CCNCC2)c2cc(C3CC3)ccc21. The molecular formula is C31H32ClFN4O. The van der Waals surface area contributed by atoms with Crippen LogP contribution in [-0.2, 0) is 12.0 Å². The number of carbonyl (C=O) groups excluding carboxylic acids is 1. The highest BCUT2D eigenvalue weighted by Gasteiger charge is 2.46. The molecule has 3 heterocycles. The number of nitrogens with zero attached hydrogens (tertiary/aromatic N) is 3. The number of amides is 2. The molecule has 3 aliphatic rings. The van der Waals surface area contributed by atoms with Gasteiger partial charge in [-0.2, -0.15) is 4.39 Å². The minimum absolute atomic E-state index is 0.0191. The van der Waals surface area contributed by atoms with Crippen LogP contribution in [0.4, 0.5) is 14.9 Å². The van der Waals surface area contributed by atoms with Crippen LogP contribution in [0.15, 0.2) is 66.9 Å². The Hall–Kier alpha value is -3.22. The van der Waals surface area contributed by atoms with Crippen molar-refractivity contribution in [3.8, 4) is 0 Å². The van der Waals surface area contributed by atoms with Gasteiger partial charge in [-0.05, 0) is 97.3 Å². The van der Waals surface area contributed by atoms with Gasteiger partial charge in [0.15, 0.2) is 0 Å². The van der Waals surface area contributed by atoms with Crippen LogP contribution in [-0.4, -0.2) is 42.1 Å². The van der Waals surface area contributed by atoms with Crippen molar-refractivity contribution in [2.75, 3.05) is 31.1 Å². The van der Waals surface area contributed by atoms with Gasteiger partial charge in [-0.1, -0.05) is 48.0 Å². The molecule has 7 heteroatoms. The van der Waals surface area contributed by atoms with E-state index in [0.29, 0.717) is 36.1 Å². The Morgan fingerprint density at radius 2 is 1.92 bits per heavy atom. The van der Waals surface area contributed by atoms with Gasteiger partial charge >= 0.3 is 6.03 Å². The van der Waals surface area contributed by atoms with Crippen LogP contribution in [0.2, 0.25) is 5.02 Å². The second kappa shape index (κ2) is 10.5. The number of nitrogens with one attached hydrogen (secondary N) is 1. The Kier molecular flexibility index (Phi) is 6.93. The first-order chi connectivity index (χ1) is 18.5. The number of hydrogen-bond acceptors (Lipinski definition) is 3. The molecule has 1 spiro atoms. The molecule has 2 amide bonds. The Bertz CT molecular complexity index is 1350. The predicted octanol–water partition coefficient (Wildman–Crippen LogP) is 6.53. The number of rotatable bonds is 6. The van der Waals surface area contributed by atoms with E-state index in [2.05, 4.69) is 28.5 Å². The average Bonchev–Trinajstić information content (AvgIpc) is 3.74. The van der Waals surface area contributed by atoms with Crippen LogP contribution < -0.4 is 10.2 Å². The minimum Gasteiger partial charge on any atom is -0.317 e. The second-order valence-electron chi connectivity index (χ2n) is 10.8. The van der Waals surface area contributed by atoms with Crippen molar-refractivity contribution in [1.82, 2.24) is 15.2 Å². The molecule has 2 aromatic carbocycles. The third kappa shape index (κ3) is 5.20. The molecule has 38 heavy (non-hydrogen) atoms. The summed E-state index contributed by atoms with van der Waals surface area (Å²) in [4.78, 5) is 21.7. The minimum atomic E-state index is -0.542. The summed E-state index contributed by atoms with van der Waals surface area (Å²) in [6, 6.07) is 17.4. The third-order valence-corrected chi connectivity index (χ3v) is 8.38. The average molecular weight is 531 g/mol. The number of anilines is 1. The normalized spacial score (nSPS) is 18.2. The lowest BCUT2D eigenvalue weighted by molar-refractivity contribution is 0.205. The lowest BCUT2D eigenvalue weighted by Gasteiger charge is -2.35. The van der Waals surface area contributed by atoms with Gasteiger partial charge in [0.1, 0.15) is 0 Å². The number of piperidine rings is 1. The number of halogens is 2. The summed E-state index contributed by atoms with van der Waals surface area (Å²) >= 11 is 6.02. The number of aromatic nitrogens is 1. The summed E-state index contributed by atoms with van der Waals surface area (Å²) in [5, 5.41) is 4.18. The van der Waals surface area contributed by atoms with E-state index < -0.39 is 5.95 Å². The van der Waals surface area contributed by atoms with Gasteiger partial charge in [0.2, 0.25) is 5.95 Å². The maximum atomic E-state index is 14.2. The summed E-state index contributed by atoms with van der Waals surface area (Å²) in [7, 11) is 0. The Balaban J connectivity index is 1.30. The zero-order valence-electron chi connectivity index (χ0n) is 21.4. The summed E-state index contributed by atoms with van der Waals surface area (Å²) in [6.07, 6.45) is 9.96. The Morgan fingerprint density at radius 3 is 2.66 bits per heavy atom. The van der Waals surface area contributed by atoms with E-state index in [9.17, 15) is 9.18 Å². The fraction of sp³-hybridized carbons (Fsp3) is 0.355. The van der Waals surface area contributed by atoms with Crippen LogP contribution in [0.3, 0.4) is 0 Å². The van der Waals surface area contributed by atoms with E-state index in [0.717, 1.165) is 37.2 Å². The first-order valence-corrected chi connectivity index (χ1v) is 13.8. The van der Waals surface area contributed by atoms with Crippen LogP contribution >= 0.6 is 11.6 Å². The molecule has 0 unspecified atom stereocenters. The van der Waals surface area contributed by atoms with Crippen LogP contribution in [0, 0.1) is 5.95 Å². The van der Waals surface area contributed by atoms with Gasteiger partial charge < -0.3 is 10.2 Å². The van der Waals surface area contributed by atoms with E-state index in [4.69, 9.17) is 11.6 Å². The van der Waals surface area contributed by atoms with Crippen molar-refractivity contribution in [3.05, 3.63) is 100 Å². The Morgan fingerprint density at radius 1 is 1.13 bits per heavy atom. The van der Waals surface area contributed by atoms with Crippen LogP contribution in [0.1, 0.15) is 53.9 Å². The van der Waals surface area contributed by atoms with Crippen molar-refractivity contribution in [2.24, 2.45) is 0 Å². The van der Waals surface area contributed by atoms with Crippen molar-refractivity contribution < 1.29 is 9.18 Å². The van der Waals surface area contributed by atoms with Gasteiger partial charge in [0, 0.05) is 42.0 Å². The quantitative estimate of drug-likeness (QED) is 0.369. The number of urea groups is 1. The zero-order chi connectivity index (χ0) is 26.1. The molecule has 1 saturated carbocycles. The summed E-state index contributed by atoms with van der Waals surface area (Å²) < 4.78 is 13.9. The summed E-state index contributed by atoms with van der Waals surface area (Å²) in [6.45, 7) is 3.28. The fourth-order valence-corrected chi connectivity index (χ4v) is 6.02. The number of carbonyl (C=O) groups is 1. The molecule has 0 atom stereocenters. The molecule has 2 aliphatic heterocycles. The standard InChI is InChI=1S/C31H32ClFN4O/c32-26-8-3-22(4-9-26)2-1-17-36(20-23-11-14-35-29(33)18-23)30(38)37-21-31(12-15-34-16-13-31)27-19-25(24-5-6-24)7-10-28(27)37/h1-4,7-11,14,18-19,24,34H,5-6,12-13,15-17,20-21H2. The Labute approximate surface area is 228 Å². The van der Waals surface area contributed by atoms with E-state index >= 15 is 0 Å². The number of benzene rings is 2. The van der Waals surface area contributed by atoms with Gasteiger partial charge in [-0.25, -0.2) is 9.78 Å². The monoisotopic (exact) mass is 530 g/mol. The maximum absolute atomic E-state index is 14.2. The largest absolute Gasteiger partial charge is 0.325 e. The van der Waals surface area contributed by atoms with Crippen LogP contribution in [0.5, 0.6) is 0 Å². The maximum Gasteiger partial charge on any atom is 0.325 e. The molecule has 1 saturated heterocycles. The smallest absolute Gasteiger partial charge is 0.317 e. The molecule has 5 nitrogen and oxygen atoms in total. The molecule has 0 radical (unpaired) electrons. The molecule has 3 aromatic rings. The highest BCUT2D eigenvalue weighted by atomic mass is 35.5. The number of fused-ring (bicyclic) bond motifs is 2. The molecule has 196 valence electrons. The van der Waals surface area contributed by atoms with Gasteiger partial charge in [-0.3, -0.25) is 4.90 Å². The zero-order valence-corrected chi connectivity index (χ0v) is 22.1. The van der Waals surface area contributed by atoms with E-state index in [1.54, 1.807) is 11.0 Å². The van der Waals surface area contributed by atoms with E-state index in [1.807, 2.05) is 41.3 Å². The number of hydrogen-bond donors (Lipinski definition) is 1. The van der Waals surface area contributed by atoms with Gasteiger partial charge in [0.25, 0.3) is 0 Å². The van der Waals surface area contributed by atoms with Crippen molar-refractivity contribution in [2.45, 2.75) is 43.6 Å². The second-order valence-corrected chi connectivity index (χ2v) is 11.2. The molecule has 1 N–H and O–H groups in total. The highest BCUT2D eigenvalue weighted by molar-refractivity contribution is 6.30. The molecule has 2 fully saturated rings. The summed E-state index contributed by atoms with van der Waals surface area (Å²) in [5.74, 6) is 0.124. The topological polar surface area (TPSA) is 48.5 Å². The number of pyridine rings is 1. The molecule has 0 bridgehead atoms. The first-order valence-electron chi connectivity index (χ1n) is 13.4. The molecular weight excluding hydrogens is 499 g/mol. The predicted molar refractivity (Wildman–Crippen MR) is 150 cm³/mol. The summed E-state index contributed by atoms with van der Waals surface area (Å²) in [5.41, 5.74) is 5.45. The van der Waals surface area contributed by atoms with Crippen molar-refractivity contribution in [1.29, 1.82) is 0 Å². The fourth-order valence-electron chi connectivity index (χ4n) is 5.89. The molecule has 1 aromatic heterocycles. The molecule has 6 rings (SSSR count).